The predicted molar refractivity (Wildman–Crippen MR) is 81.7 cm³/mol. The monoisotopic (exact) mass is 367 g/mol. The molecule has 1 rings (SSSR count). The topological polar surface area (TPSA) is 21.3 Å². The van der Waals surface area contributed by atoms with Gasteiger partial charge >= 0.3 is 0 Å². The first-order chi connectivity index (χ1) is 8.19. The second-order valence-corrected chi connectivity index (χ2v) is 5.45. The van der Waals surface area contributed by atoms with Crippen molar-refractivity contribution in [2.45, 2.75) is 26.3 Å². The van der Waals surface area contributed by atoms with Crippen molar-refractivity contribution in [1.29, 1.82) is 0 Å². The van der Waals surface area contributed by atoms with Gasteiger partial charge in [0.25, 0.3) is 0 Å². The van der Waals surface area contributed by atoms with E-state index >= 15 is 0 Å². The smallest absolute Gasteiger partial charge is 0.0661 e. The van der Waals surface area contributed by atoms with Crippen molar-refractivity contribution in [3.05, 3.63) is 32.4 Å². The molecule has 0 aliphatic carbocycles. The van der Waals surface area contributed by atoms with Gasteiger partial charge in [-0.05, 0) is 59.3 Å². The summed E-state index contributed by atoms with van der Waals surface area (Å²) in [4.78, 5) is 0. The molecule has 0 aromatic heterocycles. The molecule has 0 fully saturated rings. The van der Waals surface area contributed by atoms with Crippen LogP contribution in [0.2, 0.25) is 5.02 Å². The average Bonchev–Trinajstić information content (AvgIpc) is 2.32. The molecule has 2 nitrogen and oxygen atoms in total. The second-order valence-electron chi connectivity index (χ2n) is 3.85. The van der Waals surface area contributed by atoms with E-state index in [1.165, 1.54) is 9.13 Å². The molecule has 0 heterocycles. The predicted octanol–water partition coefficient (Wildman–Crippen LogP) is 4.02. The van der Waals surface area contributed by atoms with Crippen LogP contribution in [0.5, 0.6) is 0 Å². The van der Waals surface area contributed by atoms with Crippen LogP contribution in [-0.2, 0) is 4.74 Å². The van der Waals surface area contributed by atoms with Gasteiger partial charge in [0.05, 0.1) is 12.6 Å². The third kappa shape index (κ3) is 5.12. The average molecular weight is 368 g/mol. The highest BCUT2D eigenvalue weighted by atomic mass is 127. The standard InChI is InChI=1S/C13H19ClINO/c1-3-7-17-9-13(16-4-2)11-8-10(14)5-6-12(11)15/h5-6,8,13,16H,3-4,7,9H2,1-2H3. The number of hydrogen-bond acceptors (Lipinski definition) is 2. The Kier molecular flexibility index (Phi) is 7.43. The van der Waals surface area contributed by atoms with Crippen molar-refractivity contribution < 1.29 is 4.74 Å². The molecule has 0 saturated carbocycles. The third-order valence-electron chi connectivity index (χ3n) is 2.42. The van der Waals surface area contributed by atoms with Crippen LogP contribution >= 0.6 is 34.2 Å². The molecule has 1 atom stereocenters. The summed E-state index contributed by atoms with van der Waals surface area (Å²) in [6.45, 7) is 6.63. The van der Waals surface area contributed by atoms with E-state index < -0.39 is 0 Å². The number of hydrogen-bond donors (Lipinski definition) is 1. The van der Waals surface area contributed by atoms with Crippen LogP contribution < -0.4 is 5.32 Å². The van der Waals surface area contributed by atoms with Gasteiger partial charge in [-0.1, -0.05) is 25.4 Å². The molecule has 1 unspecified atom stereocenters. The van der Waals surface area contributed by atoms with Crippen molar-refractivity contribution >= 4 is 34.2 Å². The molecule has 0 aliphatic rings. The largest absolute Gasteiger partial charge is 0.379 e. The fourth-order valence-electron chi connectivity index (χ4n) is 1.63. The third-order valence-corrected chi connectivity index (χ3v) is 3.63. The van der Waals surface area contributed by atoms with Crippen molar-refractivity contribution in [3.8, 4) is 0 Å². The van der Waals surface area contributed by atoms with Gasteiger partial charge in [-0.25, -0.2) is 0 Å². The molecule has 0 radical (unpaired) electrons. The SMILES string of the molecule is CCCOCC(NCC)c1cc(Cl)ccc1I. The zero-order chi connectivity index (χ0) is 12.7. The van der Waals surface area contributed by atoms with Crippen LogP contribution in [0.4, 0.5) is 0 Å². The molecule has 1 aromatic rings. The Morgan fingerprint density at radius 2 is 2.18 bits per heavy atom. The highest BCUT2D eigenvalue weighted by Crippen LogP contribution is 2.24. The Bertz CT molecular complexity index is 346. The van der Waals surface area contributed by atoms with E-state index in [0.29, 0.717) is 6.61 Å². The molecule has 0 saturated heterocycles. The molecule has 4 heteroatoms. The lowest BCUT2D eigenvalue weighted by Crippen LogP contribution is -2.26. The van der Waals surface area contributed by atoms with Gasteiger partial charge in [-0.3, -0.25) is 0 Å². The first-order valence-corrected chi connectivity index (χ1v) is 7.40. The number of benzene rings is 1. The van der Waals surface area contributed by atoms with Crippen molar-refractivity contribution in [3.63, 3.8) is 0 Å². The van der Waals surface area contributed by atoms with E-state index in [2.05, 4.69) is 41.8 Å². The fourth-order valence-corrected chi connectivity index (χ4v) is 2.52. The Labute approximate surface area is 122 Å². The first-order valence-electron chi connectivity index (χ1n) is 5.95. The summed E-state index contributed by atoms with van der Waals surface area (Å²) in [7, 11) is 0. The molecule has 96 valence electrons. The van der Waals surface area contributed by atoms with Crippen LogP contribution in [-0.4, -0.2) is 19.8 Å². The minimum atomic E-state index is 0.220. The van der Waals surface area contributed by atoms with Crippen molar-refractivity contribution in [2.75, 3.05) is 19.8 Å². The quantitative estimate of drug-likeness (QED) is 0.580. The van der Waals surface area contributed by atoms with Crippen LogP contribution in [0.25, 0.3) is 0 Å². The van der Waals surface area contributed by atoms with Crippen LogP contribution in [0, 0.1) is 3.57 Å². The maximum absolute atomic E-state index is 6.05. The minimum absolute atomic E-state index is 0.220. The number of rotatable bonds is 7. The summed E-state index contributed by atoms with van der Waals surface area (Å²) in [6, 6.07) is 6.20. The van der Waals surface area contributed by atoms with Crippen molar-refractivity contribution in [2.24, 2.45) is 0 Å². The van der Waals surface area contributed by atoms with Gasteiger partial charge in [0.2, 0.25) is 0 Å². The van der Waals surface area contributed by atoms with Gasteiger partial charge in [-0.2, -0.15) is 0 Å². The number of likely N-dealkylation sites (N-methyl/N-ethyl adjacent to an activating group) is 1. The second kappa shape index (κ2) is 8.29. The Hall–Kier alpha value is 0.160. The molecule has 0 spiro atoms. The summed E-state index contributed by atoms with van der Waals surface area (Å²) >= 11 is 8.39. The Morgan fingerprint density at radius 3 is 2.82 bits per heavy atom. The molecular weight excluding hydrogens is 349 g/mol. The highest BCUT2D eigenvalue weighted by Gasteiger charge is 2.14. The first kappa shape index (κ1) is 15.2. The molecule has 0 aliphatic heterocycles. The maximum Gasteiger partial charge on any atom is 0.0661 e. The maximum atomic E-state index is 6.05. The lowest BCUT2D eigenvalue weighted by atomic mass is 10.1. The Morgan fingerprint density at radius 1 is 1.41 bits per heavy atom. The van der Waals surface area contributed by atoms with Gasteiger partial charge in [0.15, 0.2) is 0 Å². The molecule has 17 heavy (non-hydrogen) atoms. The summed E-state index contributed by atoms with van der Waals surface area (Å²) in [5.74, 6) is 0. The number of halogens is 2. The number of nitrogens with one attached hydrogen (secondary N) is 1. The van der Waals surface area contributed by atoms with E-state index in [4.69, 9.17) is 16.3 Å². The minimum Gasteiger partial charge on any atom is -0.379 e. The van der Waals surface area contributed by atoms with E-state index in [1.807, 2.05) is 18.2 Å². The zero-order valence-electron chi connectivity index (χ0n) is 10.3. The van der Waals surface area contributed by atoms with Crippen LogP contribution in [0.1, 0.15) is 31.9 Å². The van der Waals surface area contributed by atoms with E-state index in [0.717, 1.165) is 24.6 Å². The van der Waals surface area contributed by atoms with Crippen LogP contribution in [0.15, 0.2) is 18.2 Å². The van der Waals surface area contributed by atoms with E-state index in [9.17, 15) is 0 Å². The van der Waals surface area contributed by atoms with Crippen LogP contribution in [0.3, 0.4) is 0 Å². The van der Waals surface area contributed by atoms with Gasteiger partial charge in [0.1, 0.15) is 0 Å². The molecule has 0 amide bonds. The summed E-state index contributed by atoms with van der Waals surface area (Å²) in [6.07, 6.45) is 1.05. The highest BCUT2D eigenvalue weighted by molar-refractivity contribution is 14.1. The van der Waals surface area contributed by atoms with Gasteiger partial charge in [0, 0.05) is 15.2 Å². The normalized spacial score (nSPS) is 12.7. The summed E-state index contributed by atoms with van der Waals surface area (Å²) in [5, 5.41) is 4.21. The van der Waals surface area contributed by atoms with E-state index in [-0.39, 0.29) is 6.04 Å². The van der Waals surface area contributed by atoms with Gasteiger partial charge < -0.3 is 10.1 Å². The zero-order valence-corrected chi connectivity index (χ0v) is 13.2. The summed E-state index contributed by atoms with van der Waals surface area (Å²) in [5.41, 5.74) is 1.22. The van der Waals surface area contributed by atoms with E-state index in [1.54, 1.807) is 0 Å². The lowest BCUT2D eigenvalue weighted by molar-refractivity contribution is 0.112. The molecular formula is C13H19ClINO. The summed E-state index contributed by atoms with van der Waals surface area (Å²) < 4.78 is 6.86. The Balaban J connectivity index is 2.77. The number of ether oxygens (including phenoxy) is 1. The lowest BCUT2D eigenvalue weighted by Gasteiger charge is -2.20. The molecule has 1 N–H and O–H groups in total. The van der Waals surface area contributed by atoms with Crippen molar-refractivity contribution in [1.82, 2.24) is 5.32 Å². The molecule has 1 aromatic carbocycles. The molecule has 0 bridgehead atoms. The fraction of sp³-hybridized carbons (Fsp3) is 0.538. The van der Waals surface area contributed by atoms with Gasteiger partial charge in [-0.15, -0.1) is 0 Å².